The summed E-state index contributed by atoms with van der Waals surface area (Å²) in [6.45, 7) is 5.05. The van der Waals surface area contributed by atoms with Crippen LogP contribution in [-0.2, 0) is 11.3 Å². The molecule has 0 fully saturated rings. The van der Waals surface area contributed by atoms with E-state index in [-0.39, 0.29) is 0 Å². The molecule has 1 aromatic rings. The molecule has 0 aromatic carbocycles. The van der Waals surface area contributed by atoms with Gasteiger partial charge in [0.25, 0.3) is 0 Å². The molecule has 1 unspecified atom stereocenters. The Morgan fingerprint density at radius 1 is 1.37 bits per heavy atom. The highest BCUT2D eigenvalue weighted by Gasteiger charge is 2.13. The molecule has 0 saturated carbocycles. The first kappa shape index (κ1) is 16.0. The number of ether oxygens (including phenoxy) is 1. The highest BCUT2D eigenvalue weighted by Crippen LogP contribution is 2.11. The molecule has 1 rings (SSSR count). The fourth-order valence-electron chi connectivity index (χ4n) is 1.74. The van der Waals surface area contributed by atoms with E-state index in [9.17, 15) is 4.79 Å². The summed E-state index contributed by atoms with van der Waals surface area (Å²) in [5.74, 6) is -0.420. The van der Waals surface area contributed by atoms with Gasteiger partial charge in [-0.3, -0.25) is 0 Å². The van der Waals surface area contributed by atoms with E-state index in [0.717, 1.165) is 5.01 Å². The molecule has 6 heteroatoms. The number of carbonyl (C=O) groups is 1. The van der Waals surface area contributed by atoms with Crippen molar-refractivity contribution >= 4 is 17.3 Å². The third-order valence-corrected chi connectivity index (χ3v) is 3.82. The molecule has 0 amide bonds. The minimum atomic E-state index is -0.420. The first-order chi connectivity index (χ1) is 9.17. The predicted octanol–water partition coefficient (Wildman–Crippen LogP) is 2.77. The molecule has 0 saturated heterocycles. The summed E-state index contributed by atoms with van der Waals surface area (Å²) < 4.78 is 4.60. The van der Waals surface area contributed by atoms with Gasteiger partial charge in [-0.1, -0.05) is 43.9 Å². The second-order valence-electron chi connectivity index (χ2n) is 4.62. The number of aromatic nitrogens is 2. The Hall–Kier alpha value is -1.01. The van der Waals surface area contributed by atoms with Crippen molar-refractivity contribution in [3.8, 4) is 0 Å². The summed E-state index contributed by atoms with van der Waals surface area (Å²) in [5, 5.41) is 12.3. The summed E-state index contributed by atoms with van der Waals surface area (Å²) in [6.07, 6.45) is 6.30. The van der Waals surface area contributed by atoms with Crippen LogP contribution < -0.4 is 5.32 Å². The first-order valence-electron chi connectivity index (χ1n) is 6.81. The second-order valence-corrected chi connectivity index (χ2v) is 5.69. The summed E-state index contributed by atoms with van der Waals surface area (Å²) in [4.78, 5) is 11.2. The van der Waals surface area contributed by atoms with Gasteiger partial charge in [0, 0.05) is 12.6 Å². The van der Waals surface area contributed by atoms with Crippen LogP contribution in [0.3, 0.4) is 0 Å². The average Bonchev–Trinajstić information content (AvgIpc) is 2.89. The normalized spacial score (nSPS) is 12.4. The van der Waals surface area contributed by atoms with Gasteiger partial charge in [0.05, 0.1) is 7.11 Å². The number of esters is 1. The second kappa shape index (κ2) is 8.98. The lowest BCUT2D eigenvalue weighted by Gasteiger charge is -2.11. The van der Waals surface area contributed by atoms with E-state index in [1.807, 2.05) is 0 Å². The van der Waals surface area contributed by atoms with Crippen molar-refractivity contribution in [3.63, 3.8) is 0 Å². The molecule has 0 spiro atoms. The molecule has 19 heavy (non-hydrogen) atoms. The van der Waals surface area contributed by atoms with Gasteiger partial charge in [0.2, 0.25) is 5.01 Å². The molecule has 1 aromatic heterocycles. The molecule has 1 heterocycles. The van der Waals surface area contributed by atoms with Crippen molar-refractivity contribution in [3.05, 3.63) is 10.0 Å². The van der Waals surface area contributed by atoms with E-state index in [1.54, 1.807) is 0 Å². The lowest BCUT2D eigenvalue weighted by molar-refractivity contribution is 0.0599. The van der Waals surface area contributed by atoms with Gasteiger partial charge in [0.1, 0.15) is 5.01 Å². The molecule has 0 aliphatic carbocycles. The van der Waals surface area contributed by atoms with Gasteiger partial charge < -0.3 is 10.1 Å². The quantitative estimate of drug-likeness (QED) is 0.558. The number of nitrogens with zero attached hydrogens (tertiary/aromatic N) is 2. The van der Waals surface area contributed by atoms with Gasteiger partial charge in [-0.2, -0.15) is 0 Å². The van der Waals surface area contributed by atoms with Gasteiger partial charge in [-0.25, -0.2) is 4.79 Å². The highest BCUT2D eigenvalue weighted by molar-refractivity contribution is 7.13. The van der Waals surface area contributed by atoms with Crippen LogP contribution in [0, 0.1) is 0 Å². The molecular weight excluding hydrogens is 262 g/mol. The minimum Gasteiger partial charge on any atom is -0.464 e. The molecule has 0 aliphatic rings. The Morgan fingerprint density at radius 3 is 2.84 bits per heavy atom. The smallest absolute Gasteiger partial charge is 0.369 e. The van der Waals surface area contributed by atoms with Crippen LogP contribution in [0.2, 0.25) is 0 Å². The van der Waals surface area contributed by atoms with Crippen LogP contribution in [-0.4, -0.2) is 29.3 Å². The zero-order valence-corrected chi connectivity index (χ0v) is 12.8. The van der Waals surface area contributed by atoms with Gasteiger partial charge in [-0.05, 0) is 13.3 Å². The number of carbonyl (C=O) groups excluding carboxylic acids is 1. The molecule has 108 valence electrons. The van der Waals surface area contributed by atoms with E-state index < -0.39 is 5.97 Å². The number of nitrogens with one attached hydrogen (secondary N) is 1. The van der Waals surface area contributed by atoms with Crippen LogP contribution in [0.15, 0.2) is 0 Å². The Bertz CT molecular complexity index is 382. The maximum atomic E-state index is 11.2. The zero-order valence-electron chi connectivity index (χ0n) is 11.9. The summed E-state index contributed by atoms with van der Waals surface area (Å²) in [6, 6.07) is 0.460. The van der Waals surface area contributed by atoms with Crippen molar-refractivity contribution in [1.82, 2.24) is 15.5 Å². The number of unbranched alkanes of at least 4 members (excludes halogenated alkanes) is 3. The number of rotatable bonds is 9. The zero-order chi connectivity index (χ0) is 14.1. The standard InChI is InChI=1S/C13H23N3O2S/c1-4-5-6-7-8-10(2)14-9-11-15-16-12(19-11)13(17)18-3/h10,14H,4-9H2,1-3H3. The fraction of sp³-hybridized carbons (Fsp3) is 0.769. The topological polar surface area (TPSA) is 64.1 Å². The minimum absolute atomic E-state index is 0.315. The van der Waals surface area contributed by atoms with Crippen LogP contribution in [0.4, 0.5) is 0 Å². The highest BCUT2D eigenvalue weighted by atomic mass is 32.1. The molecule has 0 aliphatic heterocycles. The molecule has 1 atom stereocenters. The van der Waals surface area contributed by atoms with Gasteiger partial charge in [0.15, 0.2) is 0 Å². The fourth-order valence-corrected chi connectivity index (χ4v) is 2.44. The van der Waals surface area contributed by atoms with E-state index in [0.29, 0.717) is 17.6 Å². The Labute approximate surface area is 118 Å². The van der Waals surface area contributed by atoms with Crippen LogP contribution in [0.25, 0.3) is 0 Å². The third kappa shape index (κ3) is 6.11. The Kier molecular flexibility index (Phi) is 7.59. The third-order valence-electron chi connectivity index (χ3n) is 2.92. The van der Waals surface area contributed by atoms with Crippen molar-refractivity contribution in [1.29, 1.82) is 0 Å². The Morgan fingerprint density at radius 2 is 2.16 bits per heavy atom. The van der Waals surface area contributed by atoms with Crippen molar-refractivity contribution in [2.75, 3.05) is 7.11 Å². The Balaban J connectivity index is 2.24. The largest absolute Gasteiger partial charge is 0.464 e. The van der Waals surface area contributed by atoms with E-state index >= 15 is 0 Å². The van der Waals surface area contributed by atoms with Crippen LogP contribution in [0.1, 0.15) is 60.8 Å². The maximum absolute atomic E-state index is 11.2. The summed E-state index contributed by atoms with van der Waals surface area (Å²) >= 11 is 1.28. The lowest BCUT2D eigenvalue weighted by Crippen LogP contribution is -2.25. The van der Waals surface area contributed by atoms with Crippen molar-refractivity contribution in [2.45, 2.75) is 58.5 Å². The summed E-state index contributed by atoms with van der Waals surface area (Å²) in [7, 11) is 1.35. The molecule has 0 bridgehead atoms. The first-order valence-corrected chi connectivity index (χ1v) is 7.63. The molecule has 0 radical (unpaired) electrons. The lowest BCUT2D eigenvalue weighted by atomic mass is 10.1. The van der Waals surface area contributed by atoms with Crippen molar-refractivity contribution in [2.24, 2.45) is 0 Å². The summed E-state index contributed by atoms with van der Waals surface area (Å²) in [5.41, 5.74) is 0. The molecule has 5 nitrogen and oxygen atoms in total. The predicted molar refractivity (Wildman–Crippen MR) is 76.3 cm³/mol. The average molecular weight is 285 g/mol. The van der Waals surface area contributed by atoms with Gasteiger partial charge in [-0.15, -0.1) is 10.2 Å². The monoisotopic (exact) mass is 285 g/mol. The number of methoxy groups -OCH3 is 1. The van der Waals surface area contributed by atoms with Crippen LogP contribution >= 0.6 is 11.3 Å². The SMILES string of the molecule is CCCCCCC(C)NCc1nnc(C(=O)OC)s1. The van der Waals surface area contributed by atoms with Gasteiger partial charge >= 0.3 is 5.97 Å². The number of hydrogen-bond donors (Lipinski definition) is 1. The van der Waals surface area contributed by atoms with Crippen LogP contribution in [0.5, 0.6) is 0 Å². The van der Waals surface area contributed by atoms with E-state index in [2.05, 4.69) is 34.1 Å². The van der Waals surface area contributed by atoms with E-state index in [4.69, 9.17) is 0 Å². The molecule has 1 N–H and O–H groups in total. The van der Waals surface area contributed by atoms with E-state index in [1.165, 1.54) is 50.6 Å². The van der Waals surface area contributed by atoms with Crippen molar-refractivity contribution < 1.29 is 9.53 Å². The molecular formula is C13H23N3O2S. The number of hydrogen-bond acceptors (Lipinski definition) is 6. The maximum Gasteiger partial charge on any atom is 0.369 e.